The molecule has 0 aliphatic rings. The van der Waals surface area contributed by atoms with Gasteiger partial charge in [-0.25, -0.2) is 19.7 Å². The van der Waals surface area contributed by atoms with Gasteiger partial charge in [0.25, 0.3) is 0 Å². The summed E-state index contributed by atoms with van der Waals surface area (Å²) in [5, 5.41) is 14.4. The number of nitrogens with one attached hydrogen (secondary N) is 1. The third-order valence-corrected chi connectivity index (χ3v) is 3.55. The van der Waals surface area contributed by atoms with E-state index in [0.29, 0.717) is 10.7 Å². The van der Waals surface area contributed by atoms with Crippen LogP contribution in [-0.4, -0.2) is 38.7 Å². The van der Waals surface area contributed by atoms with E-state index < -0.39 is 10.9 Å². The number of pyridine rings is 1. The summed E-state index contributed by atoms with van der Waals surface area (Å²) in [6.45, 7) is 3.46. The summed E-state index contributed by atoms with van der Waals surface area (Å²) < 4.78 is 4.96. The number of anilines is 2. The van der Waals surface area contributed by atoms with Crippen LogP contribution in [0.3, 0.4) is 0 Å². The molecule has 0 saturated carbocycles. The Kier molecular flexibility index (Phi) is 5.64. The third kappa shape index (κ3) is 3.77. The maximum absolute atomic E-state index is 12.0. The van der Waals surface area contributed by atoms with E-state index in [0.717, 1.165) is 0 Å². The van der Waals surface area contributed by atoms with Gasteiger partial charge in [-0.2, -0.15) is 0 Å². The summed E-state index contributed by atoms with van der Waals surface area (Å²) in [4.78, 5) is 35.0. The SMILES string of the molecule is CCOC(=O)c1cnc(SC)nc1Nc1nccc(C)c1[N+](=O)[O-]. The van der Waals surface area contributed by atoms with Gasteiger partial charge >= 0.3 is 11.7 Å². The van der Waals surface area contributed by atoms with Crippen molar-refractivity contribution in [3.05, 3.63) is 39.7 Å². The van der Waals surface area contributed by atoms with Crippen molar-refractivity contribution in [2.24, 2.45) is 0 Å². The molecule has 0 aromatic carbocycles. The van der Waals surface area contributed by atoms with Gasteiger partial charge in [-0.15, -0.1) is 0 Å². The lowest BCUT2D eigenvalue weighted by molar-refractivity contribution is -0.384. The summed E-state index contributed by atoms with van der Waals surface area (Å²) in [7, 11) is 0. The number of hydrogen-bond acceptors (Lipinski definition) is 9. The Balaban J connectivity index is 2.51. The molecule has 10 heteroatoms. The zero-order valence-electron chi connectivity index (χ0n) is 13.3. The van der Waals surface area contributed by atoms with Gasteiger partial charge in [0.05, 0.1) is 11.5 Å². The van der Waals surface area contributed by atoms with Crippen LogP contribution in [0.2, 0.25) is 0 Å². The second-order valence-electron chi connectivity index (χ2n) is 4.55. The molecule has 0 radical (unpaired) electrons. The lowest BCUT2D eigenvalue weighted by atomic mass is 10.2. The molecule has 0 unspecified atom stereocenters. The van der Waals surface area contributed by atoms with Crippen molar-refractivity contribution in [2.45, 2.75) is 19.0 Å². The van der Waals surface area contributed by atoms with Crippen molar-refractivity contribution in [3.63, 3.8) is 0 Å². The highest BCUT2D eigenvalue weighted by molar-refractivity contribution is 7.98. The van der Waals surface area contributed by atoms with Crippen LogP contribution < -0.4 is 5.32 Å². The Morgan fingerprint density at radius 1 is 1.42 bits per heavy atom. The van der Waals surface area contributed by atoms with Gasteiger partial charge < -0.3 is 10.1 Å². The number of ether oxygens (including phenoxy) is 1. The average Bonchev–Trinajstić information content (AvgIpc) is 2.54. The van der Waals surface area contributed by atoms with Crippen LogP contribution in [0.15, 0.2) is 23.6 Å². The molecule has 1 N–H and O–H groups in total. The van der Waals surface area contributed by atoms with E-state index in [9.17, 15) is 14.9 Å². The first-order chi connectivity index (χ1) is 11.5. The van der Waals surface area contributed by atoms with Gasteiger partial charge in [0, 0.05) is 18.0 Å². The number of nitro groups is 1. The summed E-state index contributed by atoms with van der Waals surface area (Å²) in [5.41, 5.74) is 0.332. The van der Waals surface area contributed by atoms with Gasteiger partial charge in [-0.3, -0.25) is 10.1 Å². The molecule has 2 aromatic rings. The molecule has 0 bridgehead atoms. The number of carbonyl (C=O) groups excluding carboxylic acids is 1. The van der Waals surface area contributed by atoms with Crippen molar-refractivity contribution in [1.82, 2.24) is 15.0 Å². The Morgan fingerprint density at radius 3 is 2.79 bits per heavy atom. The first-order valence-electron chi connectivity index (χ1n) is 6.93. The number of hydrogen-bond donors (Lipinski definition) is 1. The van der Waals surface area contributed by atoms with Crippen molar-refractivity contribution < 1.29 is 14.5 Å². The molecule has 0 aliphatic carbocycles. The molecule has 2 aromatic heterocycles. The summed E-state index contributed by atoms with van der Waals surface area (Å²) in [6, 6.07) is 1.53. The smallest absolute Gasteiger partial charge is 0.343 e. The predicted octanol–water partition coefficient (Wildman–Crippen LogP) is 2.73. The molecule has 9 nitrogen and oxygen atoms in total. The fourth-order valence-electron chi connectivity index (χ4n) is 1.90. The van der Waals surface area contributed by atoms with Crippen molar-refractivity contribution in [3.8, 4) is 0 Å². The molecule has 0 saturated heterocycles. The summed E-state index contributed by atoms with van der Waals surface area (Å²) in [6.07, 6.45) is 4.53. The molecule has 0 fully saturated rings. The molecular formula is C14H15N5O4S. The highest BCUT2D eigenvalue weighted by atomic mass is 32.2. The van der Waals surface area contributed by atoms with E-state index in [-0.39, 0.29) is 29.5 Å². The van der Waals surface area contributed by atoms with Crippen molar-refractivity contribution in [2.75, 3.05) is 18.2 Å². The normalized spacial score (nSPS) is 10.3. The van der Waals surface area contributed by atoms with E-state index in [1.807, 2.05) is 0 Å². The lowest BCUT2D eigenvalue weighted by Gasteiger charge is -2.11. The van der Waals surface area contributed by atoms with E-state index >= 15 is 0 Å². The molecule has 0 aliphatic heterocycles. The number of aryl methyl sites for hydroxylation is 1. The van der Waals surface area contributed by atoms with E-state index in [1.54, 1.807) is 20.1 Å². The zero-order valence-corrected chi connectivity index (χ0v) is 14.1. The Labute approximate surface area is 142 Å². The minimum atomic E-state index is -0.622. The average molecular weight is 349 g/mol. The number of rotatable bonds is 6. The van der Waals surface area contributed by atoms with E-state index in [4.69, 9.17) is 4.74 Å². The van der Waals surface area contributed by atoms with Crippen molar-refractivity contribution >= 4 is 35.1 Å². The predicted molar refractivity (Wildman–Crippen MR) is 88.7 cm³/mol. The minimum absolute atomic E-state index is 0.00342. The Bertz CT molecular complexity index is 784. The van der Waals surface area contributed by atoms with Crippen LogP contribution in [0, 0.1) is 17.0 Å². The molecule has 2 rings (SSSR count). The molecule has 0 amide bonds. The largest absolute Gasteiger partial charge is 0.462 e. The van der Waals surface area contributed by atoms with Crippen LogP contribution >= 0.6 is 11.8 Å². The van der Waals surface area contributed by atoms with Gasteiger partial charge in [0.15, 0.2) is 11.0 Å². The number of nitrogens with zero attached hydrogens (tertiary/aromatic N) is 4. The van der Waals surface area contributed by atoms with E-state index in [1.165, 1.54) is 30.2 Å². The fraction of sp³-hybridized carbons (Fsp3) is 0.286. The number of aromatic nitrogens is 3. The second kappa shape index (κ2) is 7.68. The summed E-state index contributed by atoms with van der Waals surface area (Å²) in [5.74, 6) is -0.520. The van der Waals surface area contributed by atoms with Crippen LogP contribution in [0.1, 0.15) is 22.8 Å². The quantitative estimate of drug-likeness (QED) is 0.276. The molecule has 0 spiro atoms. The number of carbonyl (C=O) groups is 1. The maximum atomic E-state index is 12.0. The van der Waals surface area contributed by atoms with Gasteiger partial charge in [-0.05, 0) is 26.2 Å². The number of esters is 1. The van der Waals surface area contributed by atoms with Gasteiger partial charge in [-0.1, -0.05) is 11.8 Å². The molecule has 126 valence electrons. The monoisotopic (exact) mass is 349 g/mol. The van der Waals surface area contributed by atoms with Gasteiger partial charge in [0.1, 0.15) is 5.56 Å². The number of thioether (sulfide) groups is 1. The zero-order chi connectivity index (χ0) is 17.7. The molecule has 2 heterocycles. The lowest BCUT2D eigenvalue weighted by Crippen LogP contribution is -2.12. The highest BCUT2D eigenvalue weighted by Crippen LogP contribution is 2.29. The van der Waals surface area contributed by atoms with E-state index in [2.05, 4.69) is 20.3 Å². The molecular weight excluding hydrogens is 334 g/mol. The second-order valence-corrected chi connectivity index (χ2v) is 5.32. The van der Waals surface area contributed by atoms with Gasteiger partial charge in [0.2, 0.25) is 5.82 Å². The summed E-state index contributed by atoms with van der Waals surface area (Å²) >= 11 is 1.27. The third-order valence-electron chi connectivity index (χ3n) is 2.99. The van der Waals surface area contributed by atoms with Crippen molar-refractivity contribution in [1.29, 1.82) is 0 Å². The fourth-order valence-corrected chi connectivity index (χ4v) is 2.24. The molecule has 24 heavy (non-hydrogen) atoms. The van der Waals surface area contributed by atoms with Crippen LogP contribution in [0.25, 0.3) is 0 Å². The molecule has 0 atom stereocenters. The first kappa shape index (κ1) is 17.6. The van der Waals surface area contributed by atoms with Crippen LogP contribution in [-0.2, 0) is 4.74 Å². The van der Waals surface area contributed by atoms with Crippen LogP contribution in [0.5, 0.6) is 0 Å². The Hall–Kier alpha value is -2.75. The highest BCUT2D eigenvalue weighted by Gasteiger charge is 2.22. The van der Waals surface area contributed by atoms with Crippen LogP contribution in [0.4, 0.5) is 17.3 Å². The maximum Gasteiger partial charge on any atom is 0.343 e. The first-order valence-corrected chi connectivity index (χ1v) is 8.15. The standard InChI is InChI=1S/C14H15N5O4S/c1-4-23-13(20)9-7-16-14(24-3)18-11(9)17-12-10(19(21)22)8(2)5-6-15-12/h5-7H,4H2,1-3H3,(H,15,16,17,18). The minimum Gasteiger partial charge on any atom is -0.462 e. The Morgan fingerprint density at radius 2 is 2.17 bits per heavy atom. The topological polar surface area (TPSA) is 120 Å².